The Morgan fingerprint density at radius 1 is 0.952 bits per heavy atom. The topological polar surface area (TPSA) is 12.0 Å². The average Bonchev–Trinajstić information content (AvgIpc) is 2.86. The van der Waals surface area contributed by atoms with E-state index in [4.69, 9.17) is 0 Å². The van der Waals surface area contributed by atoms with Gasteiger partial charge < -0.3 is 5.32 Å². The van der Waals surface area contributed by atoms with Crippen LogP contribution in [-0.4, -0.2) is 14.3 Å². The summed E-state index contributed by atoms with van der Waals surface area (Å²) in [5.41, 5.74) is 4.67. The largest absolute Gasteiger partial charge is 0.379 e. The SMILES string of the molecule is Cc1sc2c(c1NC(C)(C)C)-c1c(sc(C)c1[SiH](C)C)C2. The van der Waals surface area contributed by atoms with Gasteiger partial charge in [0.2, 0.25) is 0 Å². The molecule has 0 saturated carbocycles. The first-order chi connectivity index (χ1) is 9.69. The highest BCUT2D eigenvalue weighted by Gasteiger charge is 2.32. The van der Waals surface area contributed by atoms with Crippen molar-refractivity contribution in [1.29, 1.82) is 0 Å². The van der Waals surface area contributed by atoms with Gasteiger partial charge in [-0.25, -0.2) is 0 Å². The van der Waals surface area contributed by atoms with Gasteiger partial charge in [-0.3, -0.25) is 0 Å². The minimum absolute atomic E-state index is 0.114. The van der Waals surface area contributed by atoms with Crippen molar-refractivity contribution < 1.29 is 0 Å². The van der Waals surface area contributed by atoms with Crippen LogP contribution in [0.5, 0.6) is 0 Å². The predicted octanol–water partition coefficient (Wildman–Crippen LogP) is 4.90. The highest BCUT2D eigenvalue weighted by atomic mass is 32.1. The van der Waals surface area contributed by atoms with Gasteiger partial charge in [-0.2, -0.15) is 0 Å². The van der Waals surface area contributed by atoms with Gasteiger partial charge >= 0.3 is 0 Å². The Morgan fingerprint density at radius 3 is 2.10 bits per heavy atom. The Kier molecular flexibility index (Phi) is 3.62. The standard InChI is InChI=1S/C17H25NS2Si/c1-9-15(18-17(3,4)5)13-11(19-9)8-12-14(13)16(21(6)7)10(2)20-12/h18,21H,8H2,1-7H3. The fourth-order valence-corrected chi connectivity index (χ4v) is 8.42. The van der Waals surface area contributed by atoms with Crippen LogP contribution in [-0.2, 0) is 6.42 Å². The monoisotopic (exact) mass is 335 g/mol. The summed E-state index contributed by atoms with van der Waals surface area (Å²) >= 11 is 4.03. The summed E-state index contributed by atoms with van der Waals surface area (Å²) in [5.74, 6) is 0. The van der Waals surface area contributed by atoms with Gasteiger partial charge in [0.1, 0.15) is 0 Å². The molecule has 0 amide bonds. The summed E-state index contributed by atoms with van der Waals surface area (Å²) in [4.78, 5) is 6.21. The van der Waals surface area contributed by atoms with E-state index in [2.05, 4.69) is 53.0 Å². The number of anilines is 1. The molecule has 21 heavy (non-hydrogen) atoms. The van der Waals surface area contributed by atoms with Crippen molar-refractivity contribution >= 4 is 42.3 Å². The summed E-state index contributed by atoms with van der Waals surface area (Å²) in [6, 6.07) is 0. The van der Waals surface area contributed by atoms with Crippen LogP contribution in [0, 0.1) is 13.8 Å². The lowest BCUT2D eigenvalue weighted by molar-refractivity contribution is 0.634. The number of nitrogens with one attached hydrogen (secondary N) is 1. The smallest absolute Gasteiger partial charge is 0.0670 e. The third kappa shape index (κ3) is 2.51. The molecule has 0 fully saturated rings. The zero-order valence-corrected chi connectivity index (χ0v) is 16.9. The molecule has 2 aromatic rings. The lowest BCUT2D eigenvalue weighted by Gasteiger charge is -2.23. The molecule has 3 rings (SSSR count). The van der Waals surface area contributed by atoms with Crippen molar-refractivity contribution in [3.63, 3.8) is 0 Å². The van der Waals surface area contributed by atoms with Crippen LogP contribution in [0.1, 0.15) is 40.3 Å². The van der Waals surface area contributed by atoms with E-state index in [1.807, 2.05) is 22.7 Å². The number of rotatable bonds is 2. The molecule has 0 saturated heterocycles. The second-order valence-corrected chi connectivity index (χ2v) is 12.9. The Hall–Kier alpha value is -0.583. The van der Waals surface area contributed by atoms with Gasteiger partial charge in [-0.15, -0.1) is 22.7 Å². The molecular formula is C17H25NS2Si. The van der Waals surface area contributed by atoms with Crippen LogP contribution in [0.15, 0.2) is 0 Å². The maximum Gasteiger partial charge on any atom is 0.0670 e. The molecule has 0 unspecified atom stereocenters. The zero-order chi connectivity index (χ0) is 15.5. The fraction of sp³-hybridized carbons (Fsp3) is 0.529. The minimum Gasteiger partial charge on any atom is -0.379 e. The van der Waals surface area contributed by atoms with Crippen molar-refractivity contribution in [1.82, 2.24) is 0 Å². The second-order valence-electron chi connectivity index (χ2n) is 7.41. The first-order valence-corrected chi connectivity index (χ1v) is 12.2. The first kappa shape index (κ1) is 15.3. The van der Waals surface area contributed by atoms with Crippen LogP contribution < -0.4 is 10.5 Å². The van der Waals surface area contributed by atoms with Crippen LogP contribution >= 0.6 is 22.7 Å². The van der Waals surface area contributed by atoms with Gasteiger partial charge in [0.15, 0.2) is 0 Å². The van der Waals surface area contributed by atoms with Crippen LogP contribution in [0.3, 0.4) is 0 Å². The van der Waals surface area contributed by atoms with E-state index in [0.717, 1.165) is 6.42 Å². The number of fused-ring (bicyclic) bond motifs is 3. The Labute approximate surface area is 138 Å². The van der Waals surface area contributed by atoms with Gasteiger partial charge in [0.25, 0.3) is 0 Å². The summed E-state index contributed by atoms with van der Waals surface area (Å²) in [6.07, 6.45) is 1.16. The highest BCUT2D eigenvalue weighted by Crippen LogP contribution is 2.50. The van der Waals surface area contributed by atoms with Crippen LogP contribution in [0.25, 0.3) is 11.1 Å². The molecule has 0 atom stereocenters. The van der Waals surface area contributed by atoms with Crippen LogP contribution in [0.4, 0.5) is 5.69 Å². The molecule has 0 aromatic carbocycles. The molecule has 1 aliphatic rings. The van der Waals surface area contributed by atoms with Gasteiger partial charge in [0.05, 0.1) is 14.5 Å². The molecule has 4 heteroatoms. The third-order valence-corrected chi connectivity index (χ3v) is 8.32. The van der Waals surface area contributed by atoms with E-state index >= 15 is 0 Å². The number of aryl methyl sites for hydroxylation is 2. The Morgan fingerprint density at radius 2 is 1.52 bits per heavy atom. The molecule has 0 aliphatic heterocycles. The molecule has 0 radical (unpaired) electrons. The molecule has 1 nitrogen and oxygen atoms in total. The highest BCUT2D eigenvalue weighted by molar-refractivity contribution is 7.16. The molecular weight excluding hydrogens is 310 g/mol. The van der Waals surface area contributed by atoms with Gasteiger partial charge in [-0.1, -0.05) is 13.1 Å². The molecule has 2 heterocycles. The molecule has 1 aliphatic carbocycles. The predicted molar refractivity (Wildman–Crippen MR) is 102 cm³/mol. The molecule has 1 N–H and O–H groups in total. The quantitative estimate of drug-likeness (QED) is 0.657. The van der Waals surface area contributed by atoms with Crippen LogP contribution in [0.2, 0.25) is 13.1 Å². The van der Waals surface area contributed by atoms with E-state index in [1.54, 1.807) is 30.9 Å². The molecule has 0 bridgehead atoms. The summed E-state index contributed by atoms with van der Waals surface area (Å²) in [7, 11) is -0.800. The number of thiophene rings is 2. The third-order valence-electron chi connectivity index (χ3n) is 4.01. The minimum atomic E-state index is -0.800. The van der Waals surface area contributed by atoms with Crippen molar-refractivity contribution in [3.8, 4) is 11.1 Å². The van der Waals surface area contributed by atoms with E-state index in [-0.39, 0.29) is 5.54 Å². The lowest BCUT2D eigenvalue weighted by atomic mass is 10.1. The lowest BCUT2D eigenvalue weighted by Crippen LogP contribution is -2.28. The summed E-state index contributed by atoms with van der Waals surface area (Å²) in [6.45, 7) is 16.3. The van der Waals surface area contributed by atoms with Crippen molar-refractivity contribution in [2.24, 2.45) is 0 Å². The van der Waals surface area contributed by atoms with E-state index < -0.39 is 8.80 Å². The average molecular weight is 336 g/mol. The van der Waals surface area contributed by atoms with E-state index in [9.17, 15) is 0 Å². The van der Waals surface area contributed by atoms with E-state index in [1.165, 1.54) is 10.6 Å². The van der Waals surface area contributed by atoms with Crippen molar-refractivity contribution in [2.75, 3.05) is 5.32 Å². The summed E-state index contributed by atoms with van der Waals surface area (Å²) < 4.78 is 0. The molecule has 2 aromatic heterocycles. The zero-order valence-electron chi connectivity index (χ0n) is 14.1. The normalized spacial score (nSPS) is 13.7. The molecule has 0 spiro atoms. The van der Waals surface area contributed by atoms with Gasteiger partial charge in [-0.05, 0) is 45.4 Å². The van der Waals surface area contributed by atoms with Crippen molar-refractivity contribution in [3.05, 3.63) is 19.5 Å². The number of hydrogen-bond acceptors (Lipinski definition) is 3. The summed E-state index contributed by atoms with van der Waals surface area (Å²) in [5, 5.41) is 5.49. The van der Waals surface area contributed by atoms with E-state index in [0.29, 0.717) is 0 Å². The first-order valence-electron chi connectivity index (χ1n) is 7.72. The van der Waals surface area contributed by atoms with Crippen molar-refractivity contribution in [2.45, 2.75) is 59.7 Å². The number of hydrogen-bond donors (Lipinski definition) is 1. The Balaban J connectivity index is 2.21. The Bertz CT molecular complexity index is 701. The fourth-order valence-electron chi connectivity index (χ4n) is 3.37. The van der Waals surface area contributed by atoms with Gasteiger partial charge in [0, 0.05) is 37.0 Å². The maximum absolute atomic E-state index is 3.78. The second kappa shape index (κ2) is 4.97. The molecule has 114 valence electrons. The maximum atomic E-state index is 3.78.